The molecule has 1 aliphatic carbocycles. The molecule has 30 heavy (non-hydrogen) atoms. The van der Waals surface area contributed by atoms with E-state index in [1.165, 1.54) is 30.0 Å². The fourth-order valence-corrected chi connectivity index (χ4v) is 4.80. The van der Waals surface area contributed by atoms with E-state index in [4.69, 9.17) is 23.2 Å². The average molecular weight is 465 g/mol. The smallest absolute Gasteiger partial charge is 0.234 e. The summed E-state index contributed by atoms with van der Waals surface area (Å²) in [7, 11) is 0. The SMILES string of the molecule is O=C(CSc1nnc(-c2ccccc2Cl)n1C1CCCC1)Nc1cc(Cl)ccc1F. The van der Waals surface area contributed by atoms with E-state index in [-0.39, 0.29) is 23.4 Å². The second kappa shape index (κ2) is 9.37. The number of halogens is 3. The molecule has 0 radical (unpaired) electrons. The Kier molecular flexibility index (Phi) is 6.61. The first kappa shape index (κ1) is 21.2. The number of nitrogens with one attached hydrogen (secondary N) is 1. The van der Waals surface area contributed by atoms with Crippen molar-refractivity contribution in [2.75, 3.05) is 11.1 Å². The van der Waals surface area contributed by atoms with Crippen molar-refractivity contribution in [3.05, 3.63) is 58.3 Å². The van der Waals surface area contributed by atoms with Crippen LogP contribution in [0, 0.1) is 5.82 Å². The summed E-state index contributed by atoms with van der Waals surface area (Å²) in [4.78, 5) is 12.4. The number of carbonyl (C=O) groups excluding carboxylic acids is 1. The third kappa shape index (κ3) is 4.63. The van der Waals surface area contributed by atoms with Crippen LogP contribution in [-0.4, -0.2) is 26.4 Å². The van der Waals surface area contributed by atoms with Crippen LogP contribution in [0.4, 0.5) is 10.1 Å². The molecule has 1 saturated carbocycles. The molecular formula is C21H19Cl2FN4OS. The third-order valence-corrected chi connectivity index (χ3v) is 6.51. The molecule has 156 valence electrons. The Morgan fingerprint density at radius 2 is 1.93 bits per heavy atom. The van der Waals surface area contributed by atoms with Crippen molar-refractivity contribution in [1.29, 1.82) is 0 Å². The minimum absolute atomic E-state index is 0.0575. The second-order valence-electron chi connectivity index (χ2n) is 7.06. The topological polar surface area (TPSA) is 59.8 Å². The standard InChI is InChI=1S/C21H19Cl2FN4OS/c22-13-9-10-17(24)18(11-13)25-19(29)12-30-21-27-26-20(15-7-3-4-8-16(15)23)28(21)14-5-1-2-6-14/h3-4,7-11,14H,1-2,5-6,12H2,(H,25,29). The molecule has 0 spiro atoms. The predicted molar refractivity (Wildman–Crippen MR) is 119 cm³/mol. The number of rotatable bonds is 6. The summed E-state index contributed by atoms with van der Waals surface area (Å²) < 4.78 is 16.0. The van der Waals surface area contributed by atoms with E-state index in [1.807, 2.05) is 24.3 Å². The van der Waals surface area contributed by atoms with Crippen LogP contribution in [0.15, 0.2) is 47.6 Å². The Hall–Kier alpha value is -2.09. The first-order valence-electron chi connectivity index (χ1n) is 9.60. The number of amides is 1. The quantitative estimate of drug-likeness (QED) is 0.438. The summed E-state index contributed by atoms with van der Waals surface area (Å²) in [5.41, 5.74) is 0.873. The van der Waals surface area contributed by atoms with Crippen molar-refractivity contribution in [3.63, 3.8) is 0 Å². The van der Waals surface area contributed by atoms with Crippen LogP contribution >= 0.6 is 35.0 Å². The number of thioether (sulfide) groups is 1. The van der Waals surface area contributed by atoms with Crippen molar-refractivity contribution >= 4 is 46.6 Å². The maximum absolute atomic E-state index is 13.9. The Morgan fingerprint density at radius 1 is 1.17 bits per heavy atom. The number of nitrogens with zero attached hydrogens (tertiary/aromatic N) is 3. The Bertz CT molecular complexity index is 1070. The van der Waals surface area contributed by atoms with E-state index in [0.717, 1.165) is 31.2 Å². The van der Waals surface area contributed by atoms with Gasteiger partial charge < -0.3 is 5.32 Å². The Labute approximate surface area is 188 Å². The van der Waals surface area contributed by atoms with Crippen LogP contribution in [0.2, 0.25) is 10.0 Å². The summed E-state index contributed by atoms with van der Waals surface area (Å²) in [6, 6.07) is 11.8. The Morgan fingerprint density at radius 3 is 2.70 bits per heavy atom. The molecule has 0 aliphatic heterocycles. The molecule has 5 nitrogen and oxygen atoms in total. The van der Waals surface area contributed by atoms with Gasteiger partial charge in [-0.3, -0.25) is 9.36 Å². The maximum Gasteiger partial charge on any atom is 0.234 e. The lowest BCUT2D eigenvalue weighted by Crippen LogP contribution is -2.16. The van der Waals surface area contributed by atoms with Crippen molar-refractivity contribution in [2.24, 2.45) is 0 Å². The van der Waals surface area contributed by atoms with Crippen LogP contribution < -0.4 is 5.32 Å². The highest BCUT2D eigenvalue weighted by molar-refractivity contribution is 7.99. The summed E-state index contributed by atoms with van der Waals surface area (Å²) in [6.07, 6.45) is 4.35. The second-order valence-corrected chi connectivity index (χ2v) is 8.84. The van der Waals surface area contributed by atoms with Crippen molar-refractivity contribution in [2.45, 2.75) is 36.9 Å². The van der Waals surface area contributed by atoms with Gasteiger partial charge in [0.25, 0.3) is 0 Å². The van der Waals surface area contributed by atoms with Gasteiger partial charge in [0.15, 0.2) is 11.0 Å². The Balaban J connectivity index is 1.55. The van der Waals surface area contributed by atoms with Crippen LogP contribution in [0.5, 0.6) is 0 Å². The molecule has 0 bridgehead atoms. The lowest BCUT2D eigenvalue weighted by molar-refractivity contribution is -0.113. The third-order valence-electron chi connectivity index (χ3n) is 5.00. The number of hydrogen-bond donors (Lipinski definition) is 1. The van der Waals surface area contributed by atoms with E-state index in [2.05, 4.69) is 20.1 Å². The zero-order chi connectivity index (χ0) is 21.1. The van der Waals surface area contributed by atoms with E-state index in [9.17, 15) is 9.18 Å². The van der Waals surface area contributed by atoms with Gasteiger partial charge >= 0.3 is 0 Å². The molecular weight excluding hydrogens is 446 g/mol. The molecule has 0 unspecified atom stereocenters. The molecule has 4 rings (SSSR count). The molecule has 3 aromatic rings. The number of hydrogen-bond acceptors (Lipinski definition) is 4. The first-order chi connectivity index (χ1) is 14.5. The molecule has 0 saturated heterocycles. The number of carbonyl (C=O) groups is 1. The van der Waals surface area contributed by atoms with Gasteiger partial charge in [-0.2, -0.15) is 0 Å². The van der Waals surface area contributed by atoms with Gasteiger partial charge in [-0.05, 0) is 43.2 Å². The lowest BCUT2D eigenvalue weighted by atomic mass is 10.2. The molecule has 1 amide bonds. The van der Waals surface area contributed by atoms with Gasteiger partial charge in [0.2, 0.25) is 5.91 Å². The van der Waals surface area contributed by atoms with Gasteiger partial charge in [-0.15, -0.1) is 10.2 Å². The summed E-state index contributed by atoms with van der Waals surface area (Å²) >= 11 is 13.6. The van der Waals surface area contributed by atoms with Crippen molar-refractivity contribution < 1.29 is 9.18 Å². The average Bonchev–Trinajstić information content (AvgIpc) is 3.39. The van der Waals surface area contributed by atoms with Gasteiger partial charge in [0, 0.05) is 16.6 Å². The summed E-state index contributed by atoms with van der Waals surface area (Å²) in [5, 5.41) is 12.9. The number of benzene rings is 2. The van der Waals surface area contributed by atoms with E-state index in [0.29, 0.717) is 21.0 Å². The largest absolute Gasteiger partial charge is 0.323 e. The highest BCUT2D eigenvalue weighted by Crippen LogP contribution is 2.38. The van der Waals surface area contributed by atoms with Gasteiger partial charge in [-0.25, -0.2) is 4.39 Å². The van der Waals surface area contributed by atoms with Crippen molar-refractivity contribution in [3.8, 4) is 11.4 Å². The zero-order valence-electron chi connectivity index (χ0n) is 15.9. The molecule has 1 aliphatic rings. The molecule has 1 aromatic heterocycles. The summed E-state index contributed by atoms with van der Waals surface area (Å²) in [5.74, 6) is -0.107. The van der Waals surface area contributed by atoms with Crippen LogP contribution in [-0.2, 0) is 4.79 Å². The molecule has 9 heteroatoms. The molecule has 2 aromatic carbocycles. The fraction of sp³-hybridized carbons (Fsp3) is 0.286. The van der Waals surface area contributed by atoms with Crippen molar-refractivity contribution in [1.82, 2.24) is 14.8 Å². The molecule has 1 fully saturated rings. The van der Waals surface area contributed by atoms with Gasteiger partial charge in [-0.1, -0.05) is 59.9 Å². The first-order valence-corrected chi connectivity index (χ1v) is 11.3. The highest BCUT2D eigenvalue weighted by atomic mass is 35.5. The molecule has 0 atom stereocenters. The highest BCUT2D eigenvalue weighted by Gasteiger charge is 2.26. The number of anilines is 1. The minimum atomic E-state index is -0.534. The van der Waals surface area contributed by atoms with Crippen LogP contribution in [0.25, 0.3) is 11.4 Å². The maximum atomic E-state index is 13.9. The van der Waals surface area contributed by atoms with Crippen LogP contribution in [0.3, 0.4) is 0 Å². The lowest BCUT2D eigenvalue weighted by Gasteiger charge is -2.17. The molecule has 1 heterocycles. The van der Waals surface area contributed by atoms with Gasteiger partial charge in [0.05, 0.1) is 16.5 Å². The minimum Gasteiger partial charge on any atom is -0.323 e. The van der Waals surface area contributed by atoms with Crippen LogP contribution in [0.1, 0.15) is 31.7 Å². The normalized spacial score (nSPS) is 14.2. The van der Waals surface area contributed by atoms with E-state index < -0.39 is 5.82 Å². The van der Waals surface area contributed by atoms with E-state index in [1.54, 1.807) is 0 Å². The van der Waals surface area contributed by atoms with Gasteiger partial charge in [0.1, 0.15) is 5.82 Å². The zero-order valence-corrected chi connectivity index (χ0v) is 18.3. The fourth-order valence-electron chi connectivity index (χ4n) is 3.60. The predicted octanol–water partition coefficient (Wildman–Crippen LogP) is 6.24. The monoisotopic (exact) mass is 464 g/mol. The number of aromatic nitrogens is 3. The summed E-state index contributed by atoms with van der Waals surface area (Å²) in [6.45, 7) is 0. The molecule has 1 N–H and O–H groups in total. The van der Waals surface area contributed by atoms with E-state index >= 15 is 0 Å².